The average Bonchev–Trinajstić information content (AvgIpc) is 3.13. The van der Waals surface area contributed by atoms with Gasteiger partial charge in [-0.1, -0.05) is 53.6 Å². The van der Waals surface area contributed by atoms with E-state index in [4.69, 9.17) is 0 Å². The fraction of sp³-hybridized carbons (Fsp3) is 0.316. The molecule has 1 aliphatic heterocycles. The minimum absolute atomic E-state index is 0.424. The van der Waals surface area contributed by atoms with Crippen LogP contribution in [-0.4, -0.2) is 39.3 Å². The van der Waals surface area contributed by atoms with E-state index in [2.05, 4.69) is 51.2 Å². The third kappa shape index (κ3) is 3.85. The van der Waals surface area contributed by atoms with E-state index in [1.165, 1.54) is 18.7 Å². The number of quaternary nitrogens is 1. The van der Waals surface area contributed by atoms with Crippen LogP contribution >= 0.6 is 0 Å². The summed E-state index contributed by atoms with van der Waals surface area (Å²) in [5.41, 5.74) is 2.39. The standard InChI is InChI=1S/C19H22N6/c1-3-7-16(8-4-1)15-24-13-11-17(12-14-24)20-19-21-22-23-25(19)18-9-5-2-6-10-18/h1-10,17H,11-15H2,(H,20,21,23)/p+1. The molecule has 128 valence electrons. The molecule has 0 spiro atoms. The molecule has 25 heavy (non-hydrogen) atoms. The van der Waals surface area contributed by atoms with Crippen LogP contribution in [-0.2, 0) is 6.54 Å². The lowest BCUT2D eigenvalue weighted by atomic mass is 10.0. The molecule has 0 unspecified atom stereocenters. The monoisotopic (exact) mass is 335 g/mol. The summed E-state index contributed by atoms with van der Waals surface area (Å²) in [4.78, 5) is 1.65. The fourth-order valence-electron chi connectivity index (χ4n) is 3.43. The van der Waals surface area contributed by atoms with Crippen molar-refractivity contribution in [2.24, 2.45) is 0 Å². The quantitative estimate of drug-likeness (QED) is 0.738. The Labute approximate surface area is 147 Å². The molecule has 2 aromatic carbocycles. The van der Waals surface area contributed by atoms with Gasteiger partial charge in [-0.25, -0.2) is 0 Å². The molecule has 6 heteroatoms. The van der Waals surface area contributed by atoms with Gasteiger partial charge in [-0.2, -0.15) is 4.68 Å². The smallest absolute Gasteiger partial charge is 0.247 e. The van der Waals surface area contributed by atoms with Crippen LogP contribution in [0.4, 0.5) is 5.95 Å². The summed E-state index contributed by atoms with van der Waals surface area (Å²) in [5.74, 6) is 0.725. The van der Waals surface area contributed by atoms with Gasteiger partial charge in [0.2, 0.25) is 5.95 Å². The molecule has 1 saturated heterocycles. The third-order valence-corrected chi connectivity index (χ3v) is 4.79. The highest BCUT2D eigenvalue weighted by Gasteiger charge is 2.23. The summed E-state index contributed by atoms with van der Waals surface area (Å²) in [6, 6.07) is 21.2. The highest BCUT2D eigenvalue weighted by atomic mass is 15.6. The summed E-state index contributed by atoms with van der Waals surface area (Å²) >= 11 is 0. The Balaban J connectivity index is 1.34. The number of rotatable bonds is 5. The molecule has 0 bridgehead atoms. The van der Waals surface area contributed by atoms with Crippen LogP contribution in [0.15, 0.2) is 60.7 Å². The van der Waals surface area contributed by atoms with E-state index in [0.29, 0.717) is 6.04 Å². The van der Waals surface area contributed by atoms with Gasteiger partial charge in [-0.3, -0.25) is 0 Å². The Morgan fingerprint density at radius 3 is 2.36 bits per heavy atom. The van der Waals surface area contributed by atoms with Crippen molar-refractivity contribution >= 4 is 5.95 Å². The number of piperidine rings is 1. The summed E-state index contributed by atoms with van der Waals surface area (Å²) < 4.78 is 1.77. The number of hydrogen-bond acceptors (Lipinski definition) is 4. The predicted octanol–water partition coefficient (Wildman–Crippen LogP) is 1.32. The first kappa shape index (κ1) is 15.8. The van der Waals surface area contributed by atoms with E-state index < -0.39 is 0 Å². The molecule has 0 radical (unpaired) electrons. The minimum Gasteiger partial charge on any atom is -0.350 e. The van der Waals surface area contributed by atoms with Gasteiger partial charge in [0.15, 0.2) is 0 Å². The molecule has 1 aromatic heterocycles. The Morgan fingerprint density at radius 2 is 1.64 bits per heavy atom. The van der Waals surface area contributed by atoms with Crippen LogP contribution in [0.2, 0.25) is 0 Å². The first-order valence-corrected chi connectivity index (χ1v) is 8.86. The van der Waals surface area contributed by atoms with E-state index in [0.717, 1.165) is 31.0 Å². The number of tetrazole rings is 1. The van der Waals surface area contributed by atoms with Crippen LogP contribution in [0.5, 0.6) is 0 Å². The first-order valence-electron chi connectivity index (χ1n) is 8.86. The second kappa shape index (κ2) is 7.44. The number of benzene rings is 2. The van der Waals surface area contributed by atoms with Crippen molar-refractivity contribution in [3.8, 4) is 5.69 Å². The van der Waals surface area contributed by atoms with Crippen LogP contribution in [0.1, 0.15) is 18.4 Å². The zero-order chi connectivity index (χ0) is 16.9. The van der Waals surface area contributed by atoms with Crippen LogP contribution < -0.4 is 10.2 Å². The van der Waals surface area contributed by atoms with E-state index >= 15 is 0 Å². The Morgan fingerprint density at radius 1 is 0.960 bits per heavy atom. The number of nitrogens with one attached hydrogen (secondary N) is 2. The van der Waals surface area contributed by atoms with Gasteiger partial charge in [0, 0.05) is 24.4 Å². The van der Waals surface area contributed by atoms with Gasteiger partial charge in [0.05, 0.1) is 18.8 Å². The van der Waals surface area contributed by atoms with Crippen molar-refractivity contribution in [1.29, 1.82) is 0 Å². The van der Waals surface area contributed by atoms with Crippen molar-refractivity contribution in [2.45, 2.75) is 25.4 Å². The predicted molar refractivity (Wildman–Crippen MR) is 96.6 cm³/mol. The van der Waals surface area contributed by atoms with Gasteiger partial charge in [-0.05, 0) is 22.6 Å². The molecule has 0 amide bonds. The van der Waals surface area contributed by atoms with Gasteiger partial charge < -0.3 is 10.2 Å². The van der Waals surface area contributed by atoms with Gasteiger partial charge in [0.25, 0.3) is 0 Å². The summed E-state index contributed by atoms with van der Waals surface area (Å²) in [5, 5.41) is 15.6. The molecular formula is C19H23N6+. The largest absolute Gasteiger partial charge is 0.350 e. The number of likely N-dealkylation sites (tertiary alicyclic amines) is 1. The summed E-state index contributed by atoms with van der Waals surface area (Å²) in [6.07, 6.45) is 2.26. The number of anilines is 1. The molecule has 6 nitrogen and oxygen atoms in total. The van der Waals surface area contributed by atoms with E-state index in [1.807, 2.05) is 30.3 Å². The Bertz CT molecular complexity index is 778. The molecule has 4 rings (SSSR count). The van der Waals surface area contributed by atoms with Crippen molar-refractivity contribution in [1.82, 2.24) is 20.2 Å². The molecule has 2 N–H and O–H groups in total. The maximum atomic E-state index is 4.16. The summed E-state index contributed by atoms with van der Waals surface area (Å²) in [7, 11) is 0. The van der Waals surface area contributed by atoms with Crippen molar-refractivity contribution in [2.75, 3.05) is 18.4 Å². The molecule has 1 aliphatic rings. The second-order valence-corrected chi connectivity index (χ2v) is 6.58. The highest BCUT2D eigenvalue weighted by Crippen LogP contribution is 2.14. The fourth-order valence-corrected chi connectivity index (χ4v) is 3.43. The zero-order valence-electron chi connectivity index (χ0n) is 14.2. The number of nitrogens with zero attached hydrogens (tertiary/aromatic N) is 4. The molecule has 0 saturated carbocycles. The number of hydrogen-bond donors (Lipinski definition) is 2. The van der Waals surface area contributed by atoms with Crippen LogP contribution in [0.3, 0.4) is 0 Å². The van der Waals surface area contributed by atoms with Gasteiger partial charge in [-0.15, -0.1) is 0 Å². The SMILES string of the molecule is c1ccc(C[NH+]2CCC(Nc3nnnn3-c3ccccc3)CC2)cc1. The molecule has 3 aromatic rings. The maximum Gasteiger partial charge on any atom is 0.247 e. The van der Waals surface area contributed by atoms with Crippen LogP contribution in [0.25, 0.3) is 5.69 Å². The van der Waals surface area contributed by atoms with Gasteiger partial charge >= 0.3 is 0 Å². The minimum atomic E-state index is 0.424. The van der Waals surface area contributed by atoms with E-state index in [9.17, 15) is 0 Å². The summed E-state index contributed by atoms with van der Waals surface area (Å²) in [6.45, 7) is 3.44. The van der Waals surface area contributed by atoms with Crippen molar-refractivity contribution in [3.63, 3.8) is 0 Å². The maximum absolute atomic E-state index is 4.16. The lowest BCUT2D eigenvalue weighted by Crippen LogP contribution is -3.12. The number of para-hydroxylation sites is 1. The van der Waals surface area contributed by atoms with Crippen molar-refractivity contribution < 1.29 is 4.90 Å². The normalized spacial score (nSPS) is 20.3. The molecular weight excluding hydrogens is 312 g/mol. The first-order chi connectivity index (χ1) is 12.4. The molecule has 2 heterocycles. The number of aromatic nitrogens is 4. The molecule has 0 aliphatic carbocycles. The lowest BCUT2D eigenvalue weighted by Gasteiger charge is -2.29. The van der Waals surface area contributed by atoms with Gasteiger partial charge in [0.1, 0.15) is 6.54 Å². The van der Waals surface area contributed by atoms with Crippen LogP contribution in [0, 0.1) is 0 Å². The Hall–Kier alpha value is -2.73. The topological polar surface area (TPSA) is 60.1 Å². The molecule has 0 atom stereocenters. The highest BCUT2D eigenvalue weighted by molar-refractivity contribution is 5.38. The Kier molecular flexibility index (Phi) is 4.70. The second-order valence-electron chi connectivity index (χ2n) is 6.58. The zero-order valence-corrected chi connectivity index (χ0v) is 14.2. The van der Waals surface area contributed by atoms with E-state index in [-0.39, 0.29) is 0 Å². The van der Waals surface area contributed by atoms with Crippen molar-refractivity contribution in [3.05, 3.63) is 66.2 Å². The lowest BCUT2D eigenvalue weighted by molar-refractivity contribution is -0.918. The van der Waals surface area contributed by atoms with E-state index in [1.54, 1.807) is 9.58 Å². The molecule has 1 fully saturated rings. The third-order valence-electron chi connectivity index (χ3n) is 4.79. The average molecular weight is 335 g/mol.